The number of nitrogens with one attached hydrogen (secondary N) is 2. The van der Waals surface area contributed by atoms with Gasteiger partial charge in [0.1, 0.15) is 5.69 Å². The fourth-order valence-corrected chi connectivity index (χ4v) is 3.01. The lowest BCUT2D eigenvalue weighted by molar-refractivity contribution is 0.209. The summed E-state index contributed by atoms with van der Waals surface area (Å²) in [5.74, 6) is 0.567. The summed E-state index contributed by atoms with van der Waals surface area (Å²) in [7, 11) is 0. The van der Waals surface area contributed by atoms with E-state index in [2.05, 4.69) is 50.0 Å². The van der Waals surface area contributed by atoms with Gasteiger partial charge in [0.25, 0.3) is 0 Å². The zero-order valence-electron chi connectivity index (χ0n) is 13.3. The average molecular weight is 336 g/mol. The van der Waals surface area contributed by atoms with Gasteiger partial charge in [-0.3, -0.25) is 5.32 Å². The fourth-order valence-electron chi connectivity index (χ4n) is 3.01. The molecule has 126 valence electrons. The molecule has 1 amide bonds. The van der Waals surface area contributed by atoms with Crippen molar-refractivity contribution in [2.75, 3.05) is 10.6 Å². The molecule has 0 fully saturated rings. The van der Waals surface area contributed by atoms with Crippen LogP contribution in [0.5, 0.6) is 0 Å². The Morgan fingerprint density at radius 2 is 1.80 bits per heavy atom. The zero-order chi connectivity index (χ0) is 17.2. The van der Waals surface area contributed by atoms with Crippen molar-refractivity contribution in [3.8, 4) is 5.69 Å². The second-order valence-electron chi connectivity index (χ2n) is 5.89. The molecule has 8 nitrogen and oxygen atoms in total. The van der Waals surface area contributed by atoms with E-state index in [9.17, 15) is 4.79 Å². The number of anilines is 2. The number of nitrogens with zero attached hydrogens (tertiary/aromatic N) is 4. The molecule has 0 radical (unpaired) electrons. The van der Waals surface area contributed by atoms with E-state index < -0.39 is 6.09 Å². The van der Waals surface area contributed by atoms with Crippen molar-refractivity contribution in [3.63, 3.8) is 0 Å². The van der Waals surface area contributed by atoms with Crippen LogP contribution in [0, 0.1) is 0 Å². The molecule has 0 unspecified atom stereocenters. The molecule has 25 heavy (non-hydrogen) atoms. The Bertz CT molecular complexity index is 881. The number of fused-ring (bicyclic) bond motifs is 1. The third kappa shape index (κ3) is 3.27. The first-order valence-electron chi connectivity index (χ1n) is 7.88. The molecule has 0 spiro atoms. The highest BCUT2D eigenvalue weighted by Crippen LogP contribution is 2.23. The van der Waals surface area contributed by atoms with Crippen LogP contribution in [0.1, 0.15) is 11.1 Å². The van der Waals surface area contributed by atoms with Gasteiger partial charge in [-0.2, -0.15) is 5.10 Å². The molecular formula is C17H16N6O2. The fraction of sp³-hybridized carbons (Fsp3) is 0.176. The van der Waals surface area contributed by atoms with Crippen LogP contribution in [0.3, 0.4) is 0 Å². The van der Waals surface area contributed by atoms with E-state index in [1.54, 1.807) is 18.6 Å². The van der Waals surface area contributed by atoms with Gasteiger partial charge in [0.15, 0.2) is 0 Å². The number of carbonyl (C=O) groups is 1. The summed E-state index contributed by atoms with van der Waals surface area (Å²) in [5.41, 5.74) is 3.77. The SMILES string of the molecule is O=C(O)Nc1cnn(-c2cnc(NC3Cc4ccccc4C3)nc2)c1. The third-order valence-corrected chi connectivity index (χ3v) is 4.12. The summed E-state index contributed by atoms with van der Waals surface area (Å²) in [6, 6.07) is 8.72. The van der Waals surface area contributed by atoms with Crippen LogP contribution in [0.25, 0.3) is 5.69 Å². The number of aromatic nitrogens is 4. The lowest BCUT2D eigenvalue weighted by atomic mass is 10.1. The van der Waals surface area contributed by atoms with Crippen LogP contribution in [0.15, 0.2) is 49.1 Å². The molecule has 0 bridgehead atoms. The number of hydrogen-bond acceptors (Lipinski definition) is 5. The van der Waals surface area contributed by atoms with Gasteiger partial charge >= 0.3 is 6.09 Å². The molecule has 2 heterocycles. The molecule has 0 saturated heterocycles. The van der Waals surface area contributed by atoms with Gasteiger partial charge in [0.2, 0.25) is 5.95 Å². The normalized spacial score (nSPS) is 13.4. The van der Waals surface area contributed by atoms with Gasteiger partial charge in [0, 0.05) is 6.04 Å². The summed E-state index contributed by atoms with van der Waals surface area (Å²) in [6.45, 7) is 0. The summed E-state index contributed by atoms with van der Waals surface area (Å²) in [6.07, 6.45) is 7.08. The third-order valence-electron chi connectivity index (χ3n) is 4.12. The van der Waals surface area contributed by atoms with Gasteiger partial charge in [-0.15, -0.1) is 0 Å². The maximum absolute atomic E-state index is 10.6. The Balaban J connectivity index is 1.42. The van der Waals surface area contributed by atoms with Crippen molar-refractivity contribution in [1.82, 2.24) is 19.7 Å². The number of carboxylic acid groups (broad SMARTS) is 1. The average Bonchev–Trinajstić information content (AvgIpc) is 3.21. The van der Waals surface area contributed by atoms with Crippen molar-refractivity contribution >= 4 is 17.7 Å². The lowest BCUT2D eigenvalue weighted by Gasteiger charge is -2.11. The van der Waals surface area contributed by atoms with Crippen LogP contribution in [-0.2, 0) is 12.8 Å². The van der Waals surface area contributed by atoms with Crippen LogP contribution < -0.4 is 10.6 Å². The number of hydrogen-bond donors (Lipinski definition) is 3. The second kappa shape index (κ2) is 6.23. The highest BCUT2D eigenvalue weighted by atomic mass is 16.4. The van der Waals surface area contributed by atoms with E-state index in [1.165, 1.54) is 22.0 Å². The van der Waals surface area contributed by atoms with Crippen molar-refractivity contribution in [2.24, 2.45) is 0 Å². The molecule has 4 rings (SSSR count). The van der Waals surface area contributed by atoms with E-state index in [4.69, 9.17) is 5.11 Å². The summed E-state index contributed by atoms with van der Waals surface area (Å²) in [4.78, 5) is 19.3. The second-order valence-corrected chi connectivity index (χ2v) is 5.89. The van der Waals surface area contributed by atoms with Crippen LogP contribution >= 0.6 is 0 Å². The number of rotatable bonds is 4. The molecule has 0 aliphatic heterocycles. The molecule has 8 heteroatoms. The van der Waals surface area contributed by atoms with Crippen LogP contribution in [-0.4, -0.2) is 37.0 Å². The molecule has 1 aliphatic carbocycles. The van der Waals surface area contributed by atoms with Crippen LogP contribution in [0.4, 0.5) is 16.4 Å². The van der Waals surface area contributed by atoms with Crippen molar-refractivity contribution in [2.45, 2.75) is 18.9 Å². The Morgan fingerprint density at radius 1 is 1.12 bits per heavy atom. The molecule has 2 aromatic heterocycles. The standard InChI is InChI=1S/C17H16N6O2/c24-17(25)22-14-7-20-23(10-14)15-8-18-16(19-9-15)21-13-5-11-3-1-2-4-12(11)6-13/h1-4,7-10,13,22H,5-6H2,(H,24,25)(H,18,19,21). The minimum absolute atomic E-state index is 0.291. The largest absolute Gasteiger partial charge is 0.465 e. The zero-order valence-corrected chi connectivity index (χ0v) is 13.3. The lowest BCUT2D eigenvalue weighted by Crippen LogP contribution is -2.21. The quantitative estimate of drug-likeness (QED) is 0.675. The molecule has 0 atom stereocenters. The van der Waals surface area contributed by atoms with Gasteiger partial charge in [0.05, 0.1) is 30.5 Å². The molecule has 1 aromatic carbocycles. The van der Waals surface area contributed by atoms with E-state index in [1.807, 2.05) is 0 Å². The molecule has 1 aliphatic rings. The Hall–Kier alpha value is -3.42. The highest BCUT2D eigenvalue weighted by molar-refractivity contribution is 5.82. The highest BCUT2D eigenvalue weighted by Gasteiger charge is 2.21. The number of benzene rings is 1. The van der Waals surface area contributed by atoms with Gasteiger partial charge in [-0.1, -0.05) is 24.3 Å². The maximum atomic E-state index is 10.6. The van der Waals surface area contributed by atoms with Crippen molar-refractivity contribution < 1.29 is 9.90 Å². The summed E-state index contributed by atoms with van der Waals surface area (Å²) < 4.78 is 1.51. The first-order valence-corrected chi connectivity index (χ1v) is 7.88. The minimum Gasteiger partial charge on any atom is -0.465 e. The Labute approximate surface area is 143 Å². The monoisotopic (exact) mass is 336 g/mol. The first kappa shape index (κ1) is 15.1. The predicted octanol–water partition coefficient (Wildman–Crippen LogP) is 2.33. The van der Waals surface area contributed by atoms with E-state index in [0.717, 1.165) is 12.8 Å². The van der Waals surface area contributed by atoms with Crippen molar-refractivity contribution in [1.29, 1.82) is 0 Å². The smallest absolute Gasteiger partial charge is 0.409 e. The van der Waals surface area contributed by atoms with E-state index >= 15 is 0 Å². The first-order chi connectivity index (χ1) is 12.2. The summed E-state index contributed by atoms with van der Waals surface area (Å²) >= 11 is 0. The van der Waals surface area contributed by atoms with Crippen LogP contribution in [0.2, 0.25) is 0 Å². The molecular weight excluding hydrogens is 320 g/mol. The van der Waals surface area contributed by atoms with Crippen molar-refractivity contribution in [3.05, 3.63) is 60.2 Å². The van der Waals surface area contributed by atoms with Gasteiger partial charge < -0.3 is 10.4 Å². The summed E-state index contributed by atoms with van der Waals surface area (Å²) in [5, 5.41) is 18.4. The number of amides is 1. The van der Waals surface area contributed by atoms with E-state index in [-0.39, 0.29) is 0 Å². The molecule has 0 saturated carbocycles. The predicted molar refractivity (Wildman–Crippen MR) is 92.1 cm³/mol. The Morgan fingerprint density at radius 3 is 2.44 bits per heavy atom. The minimum atomic E-state index is -1.13. The molecule has 3 aromatic rings. The Kier molecular flexibility index (Phi) is 3.77. The maximum Gasteiger partial charge on any atom is 0.409 e. The van der Waals surface area contributed by atoms with Gasteiger partial charge in [-0.05, 0) is 24.0 Å². The topological polar surface area (TPSA) is 105 Å². The van der Waals surface area contributed by atoms with Gasteiger partial charge in [-0.25, -0.2) is 19.4 Å². The molecule has 3 N–H and O–H groups in total. The van der Waals surface area contributed by atoms with E-state index in [0.29, 0.717) is 23.4 Å².